The van der Waals surface area contributed by atoms with Gasteiger partial charge in [-0.25, -0.2) is 0 Å². The van der Waals surface area contributed by atoms with Gasteiger partial charge in [0.05, 0.1) is 16.4 Å². The van der Waals surface area contributed by atoms with Gasteiger partial charge < -0.3 is 13.9 Å². The van der Waals surface area contributed by atoms with Crippen molar-refractivity contribution in [2.24, 2.45) is 5.92 Å². The maximum atomic E-state index is 6.54. The van der Waals surface area contributed by atoms with Gasteiger partial charge >= 0.3 is 0 Å². The summed E-state index contributed by atoms with van der Waals surface area (Å²) in [7, 11) is 0. The van der Waals surface area contributed by atoms with Gasteiger partial charge in [0.25, 0.3) is 0 Å². The Bertz CT molecular complexity index is 3700. The number of nitrogens with zero attached hydrogens (tertiary/aromatic N) is 2. The molecular formula is C62H44N2O. The second kappa shape index (κ2) is 14.7. The maximum absolute atomic E-state index is 6.54. The Morgan fingerprint density at radius 2 is 1.14 bits per heavy atom. The summed E-state index contributed by atoms with van der Waals surface area (Å²) in [6.07, 6.45) is 8.27. The van der Waals surface area contributed by atoms with Crippen molar-refractivity contribution in [3.05, 3.63) is 253 Å². The van der Waals surface area contributed by atoms with Gasteiger partial charge in [0.1, 0.15) is 11.2 Å². The van der Waals surface area contributed by atoms with Crippen LogP contribution >= 0.6 is 0 Å². The van der Waals surface area contributed by atoms with Gasteiger partial charge in [0.15, 0.2) is 0 Å². The fourth-order valence-electron chi connectivity index (χ4n) is 11.0. The van der Waals surface area contributed by atoms with Gasteiger partial charge in [0.2, 0.25) is 0 Å². The Morgan fingerprint density at radius 1 is 0.492 bits per heavy atom. The highest BCUT2D eigenvalue weighted by Gasteiger charge is 2.47. The van der Waals surface area contributed by atoms with Crippen LogP contribution in [0.3, 0.4) is 0 Å². The van der Waals surface area contributed by atoms with Crippen molar-refractivity contribution < 1.29 is 4.42 Å². The Morgan fingerprint density at radius 3 is 1.97 bits per heavy atom. The first-order chi connectivity index (χ1) is 32.1. The minimum Gasteiger partial charge on any atom is -0.456 e. The molecule has 2 heterocycles. The number of aromatic nitrogens is 1. The number of anilines is 3. The Labute approximate surface area is 378 Å². The molecule has 0 saturated heterocycles. The average Bonchev–Trinajstić information content (AvgIpc) is 4.01. The molecule has 3 nitrogen and oxygen atoms in total. The monoisotopic (exact) mass is 832 g/mol. The van der Waals surface area contributed by atoms with Crippen LogP contribution in [0.25, 0.3) is 71.7 Å². The summed E-state index contributed by atoms with van der Waals surface area (Å²) in [6.45, 7) is 2.30. The molecule has 0 saturated carbocycles. The minimum atomic E-state index is -0.486. The molecule has 3 heteroatoms. The zero-order valence-corrected chi connectivity index (χ0v) is 36.0. The molecule has 0 aliphatic heterocycles. The van der Waals surface area contributed by atoms with Crippen molar-refractivity contribution in [2.45, 2.75) is 18.8 Å². The fourth-order valence-corrected chi connectivity index (χ4v) is 11.0. The van der Waals surface area contributed by atoms with E-state index in [9.17, 15) is 0 Å². The van der Waals surface area contributed by atoms with Crippen LogP contribution in [0, 0.1) is 5.92 Å². The molecule has 2 aliphatic carbocycles. The van der Waals surface area contributed by atoms with Gasteiger partial charge in [0, 0.05) is 50.4 Å². The molecule has 9 aromatic carbocycles. The van der Waals surface area contributed by atoms with E-state index in [2.05, 4.69) is 241 Å². The highest BCUT2D eigenvalue weighted by Crippen LogP contribution is 2.58. The molecule has 0 spiro atoms. The lowest BCUT2D eigenvalue weighted by atomic mass is 9.66. The van der Waals surface area contributed by atoms with E-state index >= 15 is 0 Å². The van der Waals surface area contributed by atoms with Crippen LogP contribution in [0.15, 0.2) is 241 Å². The predicted octanol–water partition coefficient (Wildman–Crippen LogP) is 16.7. The third-order valence-electron chi connectivity index (χ3n) is 14.0. The number of hydrogen-bond acceptors (Lipinski definition) is 2. The first kappa shape index (κ1) is 37.4. The molecule has 0 amide bonds. The van der Waals surface area contributed by atoms with Gasteiger partial charge in [-0.1, -0.05) is 159 Å². The summed E-state index contributed by atoms with van der Waals surface area (Å²) in [6, 6.07) is 77.6. The summed E-state index contributed by atoms with van der Waals surface area (Å²) in [5.74, 6) is 0.497. The standard InChI is InChI=1S/C62H44N2O/c1-41-24-29-45(30-25-41)62(44-14-4-2-5-15-44)56-21-11-8-18-50(56)51-35-33-48(39-57(51)62)63(49-34-36-54-53-20-10-13-23-60(53)65-61(54)40-49)47-31-26-42(27-32-47)43-28-37-59-55(38-43)52-19-9-12-22-58(52)64(59)46-16-6-3-7-17-46/h2-24,26-41H,25H2,1H3. The van der Waals surface area contributed by atoms with Crippen molar-refractivity contribution >= 4 is 60.8 Å². The Hall–Kier alpha value is -8.14. The number of benzene rings is 9. The molecular weight excluding hydrogens is 789 g/mol. The number of hydrogen-bond donors (Lipinski definition) is 0. The molecule has 2 unspecified atom stereocenters. The first-order valence-electron chi connectivity index (χ1n) is 22.7. The molecule has 0 bridgehead atoms. The summed E-state index contributed by atoms with van der Waals surface area (Å²) in [5, 5.41) is 4.72. The lowest BCUT2D eigenvalue weighted by Crippen LogP contribution is -2.30. The second-order valence-electron chi connectivity index (χ2n) is 17.7. The molecule has 2 aromatic heterocycles. The van der Waals surface area contributed by atoms with Gasteiger partial charge in [-0.15, -0.1) is 0 Å². The molecule has 13 rings (SSSR count). The van der Waals surface area contributed by atoms with E-state index in [0.29, 0.717) is 5.92 Å². The lowest BCUT2D eigenvalue weighted by Gasteiger charge is -2.37. The maximum Gasteiger partial charge on any atom is 0.137 e. The summed E-state index contributed by atoms with van der Waals surface area (Å²) < 4.78 is 8.91. The summed E-state index contributed by atoms with van der Waals surface area (Å²) >= 11 is 0. The molecule has 65 heavy (non-hydrogen) atoms. The number of fused-ring (bicyclic) bond motifs is 9. The zero-order valence-electron chi connectivity index (χ0n) is 36.0. The second-order valence-corrected chi connectivity index (χ2v) is 17.7. The van der Waals surface area contributed by atoms with Crippen LogP contribution in [0.5, 0.6) is 0 Å². The van der Waals surface area contributed by atoms with E-state index < -0.39 is 5.41 Å². The van der Waals surface area contributed by atoms with Crippen molar-refractivity contribution in [2.75, 3.05) is 4.90 Å². The lowest BCUT2D eigenvalue weighted by molar-refractivity contribution is 0.669. The molecule has 308 valence electrons. The molecule has 2 atom stereocenters. The van der Waals surface area contributed by atoms with E-state index in [1.807, 2.05) is 6.07 Å². The molecule has 0 radical (unpaired) electrons. The smallest absolute Gasteiger partial charge is 0.137 e. The van der Waals surface area contributed by atoms with Crippen molar-refractivity contribution in [1.29, 1.82) is 0 Å². The summed E-state index contributed by atoms with van der Waals surface area (Å²) in [5.41, 5.74) is 18.2. The van der Waals surface area contributed by atoms with E-state index in [4.69, 9.17) is 4.42 Å². The SMILES string of the molecule is CC1C=CC(C2(c3ccccc3)c3ccccc3-c3ccc(N(c4ccc(-c5ccc6c(c5)c5ccccc5n6-c5ccccc5)cc4)c4ccc5c(c4)oc4ccccc45)cc32)=CC1. The van der Waals surface area contributed by atoms with Gasteiger partial charge in [-0.2, -0.15) is 0 Å². The van der Waals surface area contributed by atoms with Gasteiger partial charge in [-0.05, 0) is 130 Å². The first-order valence-corrected chi connectivity index (χ1v) is 22.7. The van der Waals surface area contributed by atoms with Crippen LogP contribution in [-0.4, -0.2) is 4.57 Å². The third-order valence-corrected chi connectivity index (χ3v) is 14.0. The number of para-hydroxylation sites is 3. The molecule has 2 aliphatic rings. The molecule has 0 N–H and O–H groups in total. The van der Waals surface area contributed by atoms with E-state index in [1.165, 1.54) is 60.8 Å². The van der Waals surface area contributed by atoms with Crippen LogP contribution in [0.2, 0.25) is 0 Å². The van der Waals surface area contributed by atoms with Crippen molar-refractivity contribution in [1.82, 2.24) is 4.57 Å². The largest absolute Gasteiger partial charge is 0.456 e. The zero-order chi connectivity index (χ0) is 43.1. The van der Waals surface area contributed by atoms with Crippen LogP contribution in [-0.2, 0) is 5.41 Å². The quantitative estimate of drug-likeness (QED) is 0.160. The highest BCUT2D eigenvalue weighted by atomic mass is 16.3. The van der Waals surface area contributed by atoms with E-state index in [1.54, 1.807) is 0 Å². The average molecular weight is 833 g/mol. The number of rotatable bonds is 7. The van der Waals surface area contributed by atoms with E-state index in [0.717, 1.165) is 56.7 Å². The van der Waals surface area contributed by atoms with Crippen molar-refractivity contribution in [3.63, 3.8) is 0 Å². The predicted molar refractivity (Wildman–Crippen MR) is 271 cm³/mol. The van der Waals surface area contributed by atoms with E-state index in [-0.39, 0.29) is 0 Å². The Balaban J connectivity index is 0.988. The minimum absolute atomic E-state index is 0.486. The van der Waals surface area contributed by atoms with Gasteiger partial charge in [-0.3, -0.25) is 0 Å². The number of furan rings is 1. The fraction of sp³-hybridized carbons (Fsp3) is 0.0645. The summed E-state index contributed by atoms with van der Waals surface area (Å²) in [4.78, 5) is 2.40. The van der Waals surface area contributed by atoms with Crippen LogP contribution in [0.1, 0.15) is 30.0 Å². The molecule has 0 fully saturated rings. The molecule has 11 aromatic rings. The topological polar surface area (TPSA) is 21.3 Å². The normalized spacial score (nSPS) is 16.6. The number of allylic oxidation sites excluding steroid dienone is 4. The highest BCUT2D eigenvalue weighted by molar-refractivity contribution is 6.11. The van der Waals surface area contributed by atoms with Crippen LogP contribution < -0.4 is 4.90 Å². The van der Waals surface area contributed by atoms with Crippen molar-refractivity contribution in [3.8, 4) is 27.9 Å². The third kappa shape index (κ3) is 5.75. The Kier molecular flexibility index (Phi) is 8.48. The van der Waals surface area contributed by atoms with Crippen LogP contribution in [0.4, 0.5) is 17.1 Å².